The third-order valence-electron chi connectivity index (χ3n) is 3.34. The molecule has 1 saturated carbocycles. The van der Waals surface area contributed by atoms with Crippen LogP contribution in [0.3, 0.4) is 0 Å². The summed E-state index contributed by atoms with van der Waals surface area (Å²) >= 11 is 0. The quantitative estimate of drug-likeness (QED) is 0.776. The number of carboxylic acid groups (broad SMARTS) is 1. The van der Waals surface area contributed by atoms with Crippen molar-refractivity contribution >= 4 is 16.0 Å². The monoisotopic (exact) mass is 298 g/mol. The van der Waals surface area contributed by atoms with Gasteiger partial charge in [0.1, 0.15) is 0 Å². The number of nitrogens with zero attached hydrogens (tertiary/aromatic N) is 1. The maximum absolute atomic E-state index is 12.0. The second-order valence-corrected chi connectivity index (χ2v) is 6.71. The van der Waals surface area contributed by atoms with Crippen molar-refractivity contribution in [1.82, 2.24) is 9.62 Å². The molecule has 1 aromatic carbocycles. The number of sulfonamides is 1. The van der Waals surface area contributed by atoms with Gasteiger partial charge in [-0.1, -0.05) is 0 Å². The van der Waals surface area contributed by atoms with Crippen molar-refractivity contribution in [3.8, 4) is 0 Å². The number of benzene rings is 1. The smallest absolute Gasteiger partial charge is 0.335 e. The van der Waals surface area contributed by atoms with Gasteiger partial charge in [-0.15, -0.1) is 0 Å². The molecule has 7 heteroatoms. The molecule has 110 valence electrons. The SMILES string of the molecule is CN(CCNS(=O)(=O)c1ccc(C(=O)O)cc1)C1CC1. The van der Waals surface area contributed by atoms with Gasteiger partial charge in [0.2, 0.25) is 10.0 Å². The zero-order valence-electron chi connectivity index (χ0n) is 11.2. The maximum Gasteiger partial charge on any atom is 0.335 e. The van der Waals surface area contributed by atoms with Gasteiger partial charge in [-0.3, -0.25) is 0 Å². The molecule has 0 amide bonds. The summed E-state index contributed by atoms with van der Waals surface area (Å²) < 4.78 is 26.5. The molecule has 0 radical (unpaired) electrons. The van der Waals surface area contributed by atoms with E-state index in [1.807, 2.05) is 7.05 Å². The summed E-state index contributed by atoms with van der Waals surface area (Å²) in [5.41, 5.74) is 0.0671. The highest BCUT2D eigenvalue weighted by atomic mass is 32.2. The first-order valence-corrected chi connectivity index (χ1v) is 7.92. The molecule has 2 N–H and O–H groups in total. The number of hydrogen-bond acceptors (Lipinski definition) is 4. The lowest BCUT2D eigenvalue weighted by Gasteiger charge is -2.15. The van der Waals surface area contributed by atoms with E-state index in [4.69, 9.17) is 5.11 Å². The normalized spacial score (nSPS) is 15.5. The molecule has 0 bridgehead atoms. The van der Waals surface area contributed by atoms with E-state index >= 15 is 0 Å². The van der Waals surface area contributed by atoms with Crippen LogP contribution in [0.2, 0.25) is 0 Å². The highest BCUT2D eigenvalue weighted by molar-refractivity contribution is 7.89. The van der Waals surface area contributed by atoms with Crippen LogP contribution < -0.4 is 4.72 Å². The molecule has 0 aromatic heterocycles. The average Bonchev–Trinajstić information content (AvgIpc) is 3.22. The second kappa shape index (κ2) is 5.90. The second-order valence-electron chi connectivity index (χ2n) is 4.94. The number of likely N-dealkylation sites (N-methyl/N-ethyl adjacent to an activating group) is 1. The van der Waals surface area contributed by atoms with Gasteiger partial charge in [0, 0.05) is 19.1 Å². The lowest BCUT2D eigenvalue weighted by Crippen LogP contribution is -2.34. The third-order valence-corrected chi connectivity index (χ3v) is 4.82. The fourth-order valence-corrected chi connectivity index (χ4v) is 2.94. The zero-order valence-corrected chi connectivity index (χ0v) is 12.1. The molecule has 20 heavy (non-hydrogen) atoms. The summed E-state index contributed by atoms with van der Waals surface area (Å²) in [6.45, 7) is 1.01. The molecule has 1 aromatic rings. The summed E-state index contributed by atoms with van der Waals surface area (Å²) in [4.78, 5) is 12.9. The highest BCUT2D eigenvalue weighted by Gasteiger charge is 2.25. The fraction of sp³-hybridized carbons (Fsp3) is 0.462. The topological polar surface area (TPSA) is 86.7 Å². The maximum atomic E-state index is 12.0. The first kappa shape index (κ1) is 15.0. The van der Waals surface area contributed by atoms with E-state index in [1.54, 1.807) is 0 Å². The van der Waals surface area contributed by atoms with Gasteiger partial charge in [-0.25, -0.2) is 17.9 Å². The van der Waals surface area contributed by atoms with Crippen molar-refractivity contribution in [2.75, 3.05) is 20.1 Å². The number of rotatable bonds is 7. The van der Waals surface area contributed by atoms with Crippen LogP contribution in [-0.4, -0.2) is 50.6 Å². The van der Waals surface area contributed by atoms with E-state index in [1.165, 1.54) is 37.1 Å². The van der Waals surface area contributed by atoms with E-state index in [0.29, 0.717) is 19.1 Å². The first-order chi connectivity index (χ1) is 9.40. The van der Waals surface area contributed by atoms with Crippen LogP contribution in [0.25, 0.3) is 0 Å². The molecule has 0 unspecified atom stereocenters. The molecule has 1 aliphatic rings. The summed E-state index contributed by atoms with van der Waals surface area (Å²) in [5.74, 6) is -1.08. The predicted octanol–water partition coefficient (Wildman–Crippen LogP) is 0.757. The van der Waals surface area contributed by atoms with Crippen LogP contribution in [0, 0.1) is 0 Å². The summed E-state index contributed by atoms with van der Waals surface area (Å²) in [6.07, 6.45) is 2.36. The van der Waals surface area contributed by atoms with E-state index < -0.39 is 16.0 Å². The lowest BCUT2D eigenvalue weighted by atomic mass is 10.2. The summed E-state index contributed by atoms with van der Waals surface area (Å²) in [7, 11) is -1.59. The third kappa shape index (κ3) is 3.78. The zero-order chi connectivity index (χ0) is 14.8. The molecule has 0 saturated heterocycles. The lowest BCUT2D eigenvalue weighted by molar-refractivity contribution is 0.0696. The van der Waals surface area contributed by atoms with Crippen LogP contribution in [0.1, 0.15) is 23.2 Å². The van der Waals surface area contributed by atoms with Crippen LogP contribution in [0.4, 0.5) is 0 Å². The van der Waals surface area contributed by atoms with Gasteiger partial charge >= 0.3 is 5.97 Å². The van der Waals surface area contributed by atoms with E-state index in [0.717, 1.165) is 0 Å². The molecule has 2 rings (SSSR count). The molecular weight excluding hydrogens is 280 g/mol. The van der Waals surface area contributed by atoms with Gasteiger partial charge in [-0.05, 0) is 44.2 Å². The Morgan fingerprint density at radius 2 is 1.95 bits per heavy atom. The van der Waals surface area contributed by atoms with Crippen LogP contribution in [0.5, 0.6) is 0 Å². The Labute approximate surface area is 118 Å². The average molecular weight is 298 g/mol. The Morgan fingerprint density at radius 1 is 1.35 bits per heavy atom. The van der Waals surface area contributed by atoms with Gasteiger partial charge in [-0.2, -0.15) is 0 Å². The molecular formula is C13H18N2O4S. The minimum absolute atomic E-state index is 0.0671. The van der Waals surface area contributed by atoms with Gasteiger partial charge in [0.25, 0.3) is 0 Å². The van der Waals surface area contributed by atoms with Crippen LogP contribution >= 0.6 is 0 Å². The number of hydrogen-bond donors (Lipinski definition) is 2. The van der Waals surface area contributed by atoms with Crippen molar-refractivity contribution < 1.29 is 18.3 Å². The highest BCUT2D eigenvalue weighted by Crippen LogP contribution is 2.24. The molecule has 1 fully saturated rings. The minimum atomic E-state index is -3.57. The number of aromatic carboxylic acids is 1. The number of nitrogens with one attached hydrogen (secondary N) is 1. The standard InChI is InChI=1S/C13H18N2O4S/c1-15(11-4-5-11)9-8-14-20(18,19)12-6-2-10(3-7-12)13(16)17/h2-3,6-7,11,14H,4-5,8-9H2,1H3,(H,16,17). The number of carboxylic acids is 1. The van der Waals surface area contributed by atoms with Crippen molar-refractivity contribution in [1.29, 1.82) is 0 Å². The largest absolute Gasteiger partial charge is 0.478 e. The predicted molar refractivity (Wildman–Crippen MR) is 74.2 cm³/mol. The Hall–Kier alpha value is -1.44. The van der Waals surface area contributed by atoms with Crippen molar-refractivity contribution in [3.63, 3.8) is 0 Å². The van der Waals surface area contributed by atoms with E-state index in [-0.39, 0.29) is 10.5 Å². The molecule has 0 aliphatic heterocycles. The van der Waals surface area contributed by atoms with Crippen LogP contribution in [0.15, 0.2) is 29.2 Å². The van der Waals surface area contributed by atoms with Gasteiger partial charge < -0.3 is 10.0 Å². The molecule has 0 atom stereocenters. The van der Waals surface area contributed by atoms with E-state index in [9.17, 15) is 13.2 Å². The Kier molecular flexibility index (Phi) is 4.42. The summed E-state index contributed by atoms with van der Waals surface area (Å²) in [6, 6.07) is 5.77. The van der Waals surface area contributed by atoms with Crippen molar-refractivity contribution in [2.45, 2.75) is 23.8 Å². The minimum Gasteiger partial charge on any atom is -0.478 e. The summed E-state index contributed by atoms with van der Waals surface area (Å²) in [5, 5.41) is 8.77. The Morgan fingerprint density at radius 3 is 2.45 bits per heavy atom. The van der Waals surface area contributed by atoms with Crippen molar-refractivity contribution in [3.05, 3.63) is 29.8 Å². The van der Waals surface area contributed by atoms with Gasteiger partial charge in [0.05, 0.1) is 10.5 Å². The van der Waals surface area contributed by atoms with E-state index in [2.05, 4.69) is 9.62 Å². The molecule has 1 aliphatic carbocycles. The number of carbonyl (C=O) groups is 1. The molecule has 0 heterocycles. The van der Waals surface area contributed by atoms with Crippen LogP contribution in [-0.2, 0) is 10.0 Å². The molecule has 6 nitrogen and oxygen atoms in total. The Balaban J connectivity index is 1.93. The molecule has 0 spiro atoms. The Bertz CT molecular complexity index is 579. The first-order valence-electron chi connectivity index (χ1n) is 6.43. The van der Waals surface area contributed by atoms with Gasteiger partial charge in [0.15, 0.2) is 0 Å². The fourth-order valence-electron chi connectivity index (χ4n) is 1.91. The van der Waals surface area contributed by atoms with Crippen molar-refractivity contribution in [2.24, 2.45) is 0 Å².